The van der Waals surface area contributed by atoms with Gasteiger partial charge < -0.3 is 14.8 Å². The number of hydrogen-bond donors (Lipinski definition) is 1. The van der Waals surface area contributed by atoms with Gasteiger partial charge in [-0.2, -0.15) is 13.2 Å². The third-order valence-electron chi connectivity index (χ3n) is 3.98. The van der Waals surface area contributed by atoms with Gasteiger partial charge in [0.25, 0.3) is 5.91 Å². The number of rotatable bonds is 3. The molecule has 0 saturated carbocycles. The molecule has 1 fully saturated rings. The molecule has 0 aromatic carbocycles. The predicted octanol–water partition coefficient (Wildman–Crippen LogP) is 3.84. The molecule has 24 heavy (non-hydrogen) atoms. The maximum Gasteiger partial charge on any atom is 0.452 e. The number of nitrogens with zero attached hydrogens (tertiary/aromatic N) is 2. The number of alkyl halides is 3. The van der Waals surface area contributed by atoms with Crippen molar-refractivity contribution in [3.8, 4) is 10.6 Å². The van der Waals surface area contributed by atoms with Crippen LogP contribution in [0.2, 0.25) is 0 Å². The first-order valence-electron chi connectivity index (χ1n) is 7.24. The largest absolute Gasteiger partial charge is 0.452 e. The van der Waals surface area contributed by atoms with Crippen LogP contribution in [0.3, 0.4) is 0 Å². The van der Waals surface area contributed by atoms with Gasteiger partial charge in [0.1, 0.15) is 5.69 Å². The van der Waals surface area contributed by atoms with Crippen LogP contribution < -0.4 is 0 Å². The summed E-state index contributed by atoms with van der Waals surface area (Å²) in [5.74, 6) is -1.22. The molecule has 2 aromatic rings. The van der Waals surface area contributed by atoms with Gasteiger partial charge in [-0.25, -0.2) is 0 Å². The van der Waals surface area contributed by atoms with Crippen LogP contribution >= 0.6 is 11.3 Å². The summed E-state index contributed by atoms with van der Waals surface area (Å²) >= 11 is 1.09. The summed E-state index contributed by atoms with van der Waals surface area (Å²) < 4.78 is 42.8. The normalized spacial score (nSPS) is 18.2. The van der Waals surface area contributed by atoms with Gasteiger partial charge >= 0.3 is 6.18 Å². The van der Waals surface area contributed by atoms with Gasteiger partial charge in [-0.05, 0) is 25.5 Å². The summed E-state index contributed by atoms with van der Waals surface area (Å²) in [5, 5.41) is 10.8. The molecule has 1 saturated heterocycles. The van der Waals surface area contributed by atoms with Gasteiger partial charge in [-0.3, -0.25) is 4.79 Å². The highest BCUT2D eigenvalue weighted by molar-refractivity contribution is 7.17. The van der Waals surface area contributed by atoms with E-state index in [1.807, 2.05) is 0 Å². The summed E-state index contributed by atoms with van der Waals surface area (Å²) in [5.41, 5.74) is 0.0126. The molecule has 3 rings (SSSR count). The van der Waals surface area contributed by atoms with Crippen molar-refractivity contribution in [1.29, 1.82) is 5.41 Å². The summed E-state index contributed by atoms with van der Waals surface area (Å²) in [6.45, 7) is 2.37. The molecule has 1 amide bonds. The Morgan fingerprint density at radius 2 is 2.25 bits per heavy atom. The van der Waals surface area contributed by atoms with Gasteiger partial charge in [-0.1, -0.05) is 5.16 Å². The molecule has 0 spiro atoms. The molecule has 2 aromatic heterocycles. The molecule has 0 radical (unpaired) electrons. The van der Waals surface area contributed by atoms with E-state index >= 15 is 0 Å². The number of carbonyl (C=O) groups excluding carboxylic acids is 1. The van der Waals surface area contributed by atoms with Gasteiger partial charge in [0, 0.05) is 30.8 Å². The fraction of sp³-hybridized carbons (Fsp3) is 0.400. The van der Waals surface area contributed by atoms with Crippen LogP contribution in [-0.4, -0.2) is 35.3 Å². The zero-order valence-corrected chi connectivity index (χ0v) is 13.5. The predicted molar refractivity (Wildman–Crippen MR) is 82.3 cm³/mol. The van der Waals surface area contributed by atoms with E-state index in [0.717, 1.165) is 17.8 Å². The highest BCUT2D eigenvalue weighted by Gasteiger charge is 2.39. The Morgan fingerprint density at radius 3 is 2.83 bits per heavy atom. The molecule has 1 aliphatic heterocycles. The second-order valence-corrected chi connectivity index (χ2v) is 6.70. The van der Waals surface area contributed by atoms with Gasteiger partial charge in [0.15, 0.2) is 0 Å². The zero-order valence-electron chi connectivity index (χ0n) is 12.7. The Balaban J connectivity index is 1.83. The van der Waals surface area contributed by atoms with Crippen LogP contribution in [0.15, 0.2) is 16.7 Å². The molecule has 1 aliphatic rings. The number of amides is 1. The fourth-order valence-corrected chi connectivity index (χ4v) is 3.69. The molecule has 5 nitrogen and oxygen atoms in total. The number of halogens is 3. The molecule has 1 unspecified atom stereocenters. The maximum absolute atomic E-state index is 12.8. The molecule has 1 atom stereocenters. The smallest absolute Gasteiger partial charge is 0.351 e. The SMILES string of the molecule is Cc1c(-c2ccc(C(=O)N3CCC(C=N)C3)s2)noc1C(F)(F)F. The minimum Gasteiger partial charge on any atom is -0.351 e. The van der Waals surface area contributed by atoms with E-state index in [9.17, 15) is 18.0 Å². The first kappa shape index (κ1) is 16.7. The monoisotopic (exact) mass is 357 g/mol. The molecule has 128 valence electrons. The topological polar surface area (TPSA) is 70.2 Å². The minimum atomic E-state index is -4.59. The molecule has 1 N–H and O–H groups in total. The third-order valence-corrected chi connectivity index (χ3v) is 5.06. The van der Waals surface area contributed by atoms with E-state index in [-0.39, 0.29) is 23.1 Å². The molecule has 0 bridgehead atoms. The molecule has 0 aliphatic carbocycles. The Morgan fingerprint density at radius 1 is 1.50 bits per heavy atom. The van der Waals surface area contributed by atoms with Gasteiger partial charge in [0.2, 0.25) is 5.76 Å². The standard InChI is InChI=1S/C15H14F3N3O2S/c1-8-12(20-23-13(8)15(16,17)18)10-2-3-11(24-10)14(22)21-5-4-9(6-19)7-21/h2-3,6,9,19H,4-5,7H2,1H3. The van der Waals surface area contributed by atoms with E-state index in [2.05, 4.69) is 9.68 Å². The van der Waals surface area contributed by atoms with Crippen molar-refractivity contribution in [2.75, 3.05) is 13.1 Å². The van der Waals surface area contributed by atoms with Crippen LogP contribution in [0.25, 0.3) is 10.6 Å². The van der Waals surface area contributed by atoms with E-state index < -0.39 is 11.9 Å². The van der Waals surface area contributed by atoms with Crippen LogP contribution in [0, 0.1) is 18.3 Å². The first-order valence-corrected chi connectivity index (χ1v) is 8.06. The van der Waals surface area contributed by atoms with Crippen LogP contribution in [0.5, 0.6) is 0 Å². The van der Waals surface area contributed by atoms with E-state index in [1.165, 1.54) is 13.1 Å². The van der Waals surface area contributed by atoms with Crippen LogP contribution in [-0.2, 0) is 6.18 Å². The molecular formula is C15H14F3N3O2S. The van der Waals surface area contributed by atoms with Crippen LogP contribution in [0.4, 0.5) is 13.2 Å². The van der Waals surface area contributed by atoms with E-state index in [4.69, 9.17) is 5.41 Å². The average Bonchev–Trinajstić information content (AvgIpc) is 3.24. The summed E-state index contributed by atoms with van der Waals surface area (Å²) in [4.78, 5) is 15.0. The molecule has 9 heteroatoms. The lowest BCUT2D eigenvalue weighted by Crippen LogP contribution is -2.28. The summed E-state index contributed by atoms with van der Waals surface area (Å²) in [6.07, 6.45) is -2.50. The number of thiophene rings is 1. The van der Waals surface area contributed by atoms with Gasteiger partial charge in [0.05, 0.1) is 9.75 Å². The minimum absolute atomic E-state index is 0.0699. The third kappa shape index (κ3) is 2.95. The molecular weight excluding hydrogens is 343 g/mol. The van der Waals surface area contributed by atoms with E-state index in [1.54, 1.807) is 17.0 Å². The van der Waals surface area contributed by atoms with Crippen molar-refractivity contribution in [1.82, 2.24) is 10.1 Å². The zero-order chi connectivity index (χ0) is 17.5. The Labute approximate surface area is 139 Å². The van der Waals surface area contributed by atoms with Crippen molar-refractivity contribution in [3.05, 3.63) is 28.3 Å². The number of aromatic nitrogens is 1. The maximum atomic E-state index is 12.8. The van der Waals surface area contributed by atoms with Crippen molar-refractivity contribution < 1.29 is 22.5 Å². The number of hydrogen-bond acceptors (Lipinski definition) is 5. The number of nitrogens with one attached hydrogen (secondary N) is 1. The number of carbonyl (C=O) groups is 1. The lowest BCUT2D eigenvalue weighted by atomic mass is 10.1. The van der Waals surface area contributed by atoms with Crippen molar-refractivity contribution >= 4 is 23.5 Å². The Kier molecular flexibility index (Phi) is 4.20. The Bertz CT molecular complexity index is 781. The first-order chi connectivity index (χ1) is 11.3. The lowest BCUT2D eigenvalue weighted by molar-refractivity contribution is -0.156. The lowest BCUT2D eigenvalue weighted by Gasteiger charge is -2.14. The average molecular weight is 357 g/mol. The number of likely N-dealkylation sites (tertiary alicyclic amines) is 1. The fourth-order valence-electron chi connectivity index (χ4n) is 2.67. The van der Waals surface area contributed by atoms with Gasteiger partial charge in [-0.15, -0.1) is 11.3 Å². The summed E-state index contributed by atoms with van der Waals surface area (Å²) in [7, 11) is 0. The van der Waals surface area contributed by atoms with Crippen LogP contribution in [0.1, 0.15) is 27.4 Å². The summed E-state index contributed by atoms with van der Waals surface area (Å²) in [6, 6.07) is 3.16. The molecule has 3 heterocycles. The Hall–Kier alpha value is -2.16. The highest BCUT2D eigenvalue weighted by atomic mass is 32.1. The van der Waals surface area contributed by atoms with Crippen molar-refractivity contribution in [2.45, 2.75) is 19.5 Å². The van der Waals surface area contributed by atoms with E-state index in [0.29, 0.717) is 22.8 Å². The highest BCUT2D eigenvalue weighted by Crippen LogP contribution is 2.38. The second-order valence-electron chi connectivity index (χ2n) is 5.61. The quantitative estimate of drug-likeness (QED) is 0.849. The van der Waals surface area contributed by atoms with Crippen molar-refractivity contribution in [2.24, 2.45) is 5.92 Å². The second kappa shape index (κ2) is 6.04. The van der Waals surface area contributed by atoms with Crippen molar-refractivity contribution in [3.63, 3.8) is 0 Å².